The lowest BCUT2D eigenvalue weighted by molar-refractivity contribution is -0.0315. The summed E-state index contributed by atoms with van der Waals surface area (Å²) in [6.45, 7) is 4.78. The van der Waals surface area contributed by atoms with Crippen LogP contribution in [0.25, 0.3) is 10.6 Å². The highest BCUT2D eigenvalue weighted by Gasteiger charge is 2.45. The molecule has 0 radical (unpaired) electrons. The molecule has 0 spiro atoms. The van der Waals surface area contributed by atoms with Gasteiger partial charge >= 0.3 is 0 Å². The summed E-state index contributed by atoms with van der Waals surface area (Å²) in [5, 5.41) is 2.76. The molecule has 2 bridgehead atoms. The lowest BCUT2D eigenvalue weighted by Crippen LogP contribution is -2.59. The molecule has 0 aromatic carbocycles. The molecule has 1 saturated carbocycles. The van der Waals surface area contributed by atoms with Crippen molar-refractivity contribution in [1.82, 2.24) is 19.9 Å². The molecule has 1 aliphatic carbocycles. The molecule has 0 N–H and O–H groups in total. The summed E-state index contributed by atoms with van der Waals surface area (Å²) in [4.78, 5) is 29.0. The third kappa shape index (κ3) is 3.47. The summed E-state index contributed by atoms with van der Waals surface area (Å²) in [6, 6.07) is 5.89. The van der Waals surface area contributed by atoms with E-state index in [0.717, 1.165) is 47.5 Å². The number of rotatable bonds is 4. The lowest BCUT2D eigenvalue weighted by atomic mass is 9.77. The smallest absolute Gasteiger partial charge is 0.273 e. The first-order valence-corrected chi connectivity index (χ1v) is 11.2. The number of ether oxygens (including phenoxy) is 1. The minimum absolute atomic E-state index is 0.0243. The fraction of sp³-hybridized carbons (Fsp3) is 0.391. The number of hydrogen-bond donors (Lipinski definition) is 0. The molecular weight excluding hydrogens is 396 g/mol. The zero-order chi connectivity index (χ0) is 20.7. The molecule has 5 heterocycles. The van der Waals surface area contributed by atoms with Crippen LogP contribution in [-0.2, 0) is 0 Å². The maximum absolute atomic E-state index is 13.7. The fourth-order valence-electron chi connectivity index (χ4n) is 4.64. The number of piperidine rings is 2. The standard InChI is InChI=1S/C23H24N4O2S/c1-14-3-6-19(26-12-14)29-18-11-16-4-5-17(18)27(13-16)23(28)21-20(15(2)7-8-24-21)22-25-9-10-30-22/h3,6-10,12,16-18H,4-5,11,13H2,1-2H3. The van der Waals surface area contributed by atoms with Crippen molar-refractivity contribution in [3.63, 3.8) is 0 Å². The van der Waals surface area contributed by atoms with Crippen LogP contribution < -0.4 is 4.74 Å². The molecule has 2 saturated heterocycles. The number of nitrogens with zero attached hydrogens (tertiary/aromatic N) is 4. The van der Waals surface area contributed by atoms with E-state index in [1.54, 1.807) is 12.4 Å². The zero-order valence-corrected chi connectivity index (χ0v) is 17.9. The molecule has 2 aliphatic heterocycles. The van der Waals surface area contributed by atoms with Gasteiger partial charge in [-0.2, -0.15) is 0 Å². The number of pyridine rings is 2. The summed E-state index contributed by atoms with van der Waals surface area (Å²) in [6.07, 6.45) is 8.31. The molecule has 3 unspecified atom stereocenters. The van der Waals surface area contributed by atoms with Crippen molar-refractivity contribution in [2.24, 2.45) is 5.92 Å². The minimum atomic E-state index is -0.0372. The fourth-order valence-corrected chi connectivity index (χ4v) is 5.39. The van der Waals surface area contributed by atoms with Crippen LogP contribution in [0.3, 0.4) is 0 Å². The van der Waals surface area contributed by atoms with Gasteiger partial charge in [0.2, 0.25) is 5.88 Å². The summed E-state index contributed by atoms with van der Waals surface area (Å²) in [5.41, 5.74) is 3.45. The van der Waals surface area contributed by atoms with E-state index in [0.29, 0.717) is 17.5 Å². The SMILES string of the molecule is Cc1ccc(OC2CC3CCC2N(C(=O)c2nccc(C)c2-c2nccs2)C3)nc1. The molecule has 6 nitrogen and oxygen atoms in total. The van der Waals surface area contributed by atoms with Crippen LogP contribution >= 0.6 is 11.3 Å². The lowest BCUT2D eigenvalue weighted by Gasteiger charge is -2.49. The Morgan fingerprint density at radius 3 is 2.77 bits per heavy atom. The van der Waals surface area contributed by atoms with Gasteiger partial charge in [0.15, 0.2) is 0 Å². The van der Waals surface area contributed by atoms with Gasteiger partial charge < -0.3 is 9.64 Å². The number of amides is 1. The summed E-state index contributed by atoms with van der Waals surface area (Å²) in [5.74, 6) is 1.05. The average Bonchev–Trinajstić information content (AvgIpc) is 3.29. The Morgan fingerprint density at radius 1 is 1.13 bits per heavy atom. The van der Waals surface area contributed by atoms with Gasteiger partial charge in [-0.05, 0) is 56.2 Å². The first-order valence-electron chi connectivity index (χ1n) is 10.4. The molecule has 3 atom stereocenters. The number of carbonyl (C=O) groups is 1. The molecule has 3 aromatic heterocycles. The summed E-state index contributed by atoms with van der Waals surface area (Å²) in [7, 11) is 0. The van der Waals surface area contributed by atoms with E-state index in [2.05, 4.69) is 15.0 Å². The third-order valence-electron chi connectivity index (χ3n) is 6.15. The van der Waals surface area contributed by atoms with Crippen molar-refractivity contribution in [2.45, 2.75) is 45.3 Å². The Balaban J connectivity index is 1.44. The van der Waals surface area contributed by atoms with E-state index < -0.39 is 0 Å². The van der Waals surface area contributed by atoms with Gasteiger partial charge in [0.25, 0.3) is 5.91 Å². The first-order chi connectivity index (χ1) is 14.6. The van der Waals surface area contributed by atoms with Gasteiger partial charge in [0, 0.05) is 42.1 Å². The average molecular weight is 421 g/mol. The van der Waals surface area contributed by atoms with Gasteiger partial charge in [-0.25, -0.2) is 9.97 Å². The van der Waals surface area contributed by atoms with Crippen LogP contribution in [0.4, 0.5) is 0 Å². The second kappa shape index (κ2) is 7.80. The van der Waals surface area contributed by atoms with E-state index >= 15 is 0 Å². The van der Waals surface area contributed by atoms with E-state index in [-0.39, 0.29) is 18.1 Å². The predicted molar refractivity (Wildman–Crippen MR) is 116 cm³/mol. The maximum atomic E-state index is 13.7. The molecule has 3 fully saturated rings. The number of aromatic nitrogens is 3. The zero-order valence-electron chi connectivity index (χ0n) is 17.1. The number of carbonyl (C=O) groups excluding carboxylic acids is 1. The van der Waals surface area contributed by atoms with Crippen LogP contribution in [0.15, 0.2) is 42.2 Å². The third-order valence-corrected chi connectivity index (χ3v) is 6.94. The monoisotopic (exact) mass is 420 g/mol. The molecule has 154 valence electrons. The first kappa shape index (κ1) is 19.2. The quantitative estimate of drug-likeness (QED) is 0.630. The molecule has 3 aliphatic rings. The predicted octanol–water partition coefficient (Wildman–Crippen LogP) is 4.29. The Bertz CT molecular complexity index is 1050. The number of thiazole rings is 1. The van der Waals surface area contributed by atoms with Crippen LogP contribution in [0.2, 0.25) is 0 Å². The van der Waals surface area contributed by atoms with Crippen LogP contribution in [0, 0.1) is 19.8 Å². The molecule has 6 rings (SSSR count). The van der Waals surface area contributed by atoms with Crippen LogP contribution in [-0.4, -0.2) is 44.4 Å². The van der Waals surface area contributed by atoms with E-state index in [1.807, 2.05) is 48.5 Å². The Labute approximate surface area is 180 Å². The normalized spacial score (nSPS) is 22.9. The highest BCUT2D eigenvalue weighted by atomic mass is 32.1. The Morgan fingerprint density at radius 2 is 2.03 bits per heavy atom. The highest BCUT2D eigenvalue weighted by Crippen LogP contribution is 2.39. The summed E-state index contributed by atoms with van der Waals surface area (Å²) < 4.78 is 6.25. The van der Waals surface area contributed by atoms with E-state index in [4.69, 9.17) is 4.74 Å². The number of aryl methyl sites for hydroxylation is 2. The van der Waals surface area contributed by atoms with E-state index in [9.17, 15) is 4.79 Å². The van der Waals surface area contributed by atoms with Crippen LogP contribution in [0.1, 0.15) is 40.9 Å². The molecule has 30 heavy (non-hydrogen) atoms. The van der Waals surface area contributed by atoms with Gasteiger partial charge in [-0.3, -0.25) is 9.78 Å². The summed E-state index contributed by atoms with van der Waals surface area (Å²) >= 11 is 1.53. The second-order valence-electron chi connectivity index (χ2n) is 8.22. The van der Waals surface area contributed by atoms with Crippen molar-refractivity contribution in [2.75, 3.05) is 6.54 Å². The Kier molecular flexibility index (Phi) is 4.98. The van der Waals surface area contributed by atoms with E-state index in [1.165, 1.54) is 11.3 Å². The molecule has 3 aromatic rings. The molecule has 1 amide bonds. The van der Waals surface area contributed by atoms with Crippen molar-refractivity contribution < 1.29 is 9.53 Å². The topological polar surface area (TPSA) is 68.2 Å². The molecular formula is C23H24N4O2S. The number of hydrogen-bond acceptors (Lipinski definition) is 6. The van der Waals surface area contributed by atoms with Crippen molar-refractivity contribution >= 4 is 17.2 Å². The van der Waals surface area contributed by atoms with Gasteiger partial charge in [0.1, 0.15) is 16.8 Å². The van der Waals surface area contributed by atoms with Gasteiger partial charge in [-0.15, -0.1) is 11.3 Å². The van der Waals surface area contributed by atoms with Crippen LogP contribution in [0.5, 0.6) is 5.88 Å². The highest BCUT2D eigenvalue weighted by molar-refractivity contribution is 7.13. The maximum Gasteiger partial charge on any atom is 0.273 e. The minimum Gasteiger partial charge on any atom is -0.472 e. The number of fused-ring (bicyclic) bond motifs is 3. The van der Waals surface area contributed by atoms with Crippen molar-refractivity contribution in [3.8, 4) is 16.5 Å². The van der Waals surface area contributed by atoms with Gasteiger partial charge in [0.05, 0.1) is 6.04 Å². The van der Waals surface area contributed by atoms with Gasteiger partial charge in [-0.1, -0.05) is 6.07 Å². The largest absolute Gasteiger partial charge is 0.472 e. The van der Waals surface area contributed by atoms with Crippen molar-refractivity contribution in [1.29, 1.82) is 0 Å². The Hall–Kier alpha value is -2.80. The van der Waals surface area contributed by atoms with Crippen molar-refractivity contribution in [3.05, 3.63) is 59.0 Å². The second-order valence-corrected chi connectivity index (χ2v) is 9.12. The molecule has 7 heteroatoms.